The highest BCUT2D eigenvalue weighted by molar-refractivity contribution is 5.95. The average molecular weight is 354 g/mol. The summed E-state index contributed by atoms with van der Waals surface area (Å²) in [6.07, 6.45) is 5.09. The molecule has 26 heavy (non-hydrogen) atoms. The third-order valence-corrected chi connectivity index (χ3v) is 5.16. The van der Waals surface area contributed by atoms with Crippen LogP contribution in [0.25, 0.3) is 0 Å². The van der Waals surface area contributed by atoms with Gasteiger partial charge in [-0.1, -0.05) is 44.2 Å². The van der Waals surface area contributed by atoms with Crippen LogP contribution in [0.15, 0.2) is 36.5 Å². The van der Waals surface area contributed by atoms with Gasteiger partial charge in [-0.05, 0) is 37.3 Å². The van der Waals surface area contributed by atoms with E-state index in [1.165, 1.54) is 18.4 Å². The number of nitrogens with one attached hydrogen (secondary N) is 1. The number of rotatable bonds is 7. The normalized spacial score (nSPS) is 18.0. The molecule has 3 rings (SSSR count). The summed E-state index contributed by atoms with van der Waals surface area (Å²) in [5, 5.41) is 7.54. The number of aromatic nitrogens is 2. The molecule has 1 atom stereocenters. The van der Waals surface area contributed by atoms with Gasteiger partial charge in [0, 0.05) is 19.6 Å². The van der Waals surface area contributed by atoms with Crippen LogP contribution in [0.5, 0.6) is 0 Å². The van der Waals surface area contributed by atoms with Crippen molar-refractivity contribution >= 4 is 5.91 Å². The molecule has 1 unspecified atom stereocenters. The third kappa shape index (κ3) is 4.73. The number of carbonyl (C=O) groups is 1. The summed E-state index contributed by atoms with van der Waals surface area (Å²) in [7, 11) is 0. The first kappa shape index (κ1) is 18.6. The Kier molecular flexibility index (Phi) is 6.45. The minimum absolute atomic E-state index is 0.00813. The summed E-state index contributed by atoms with van der Waals surface area (Å²) in [5.41, 5.74) is 2.89. The summed E-state index contributed by atoms with van der Waals surface area (Å²) >= 11 is 0. The maximum atomic E-state index is 12.6. The van der Waals surface area contributed by atoms with Crippen molar-refractivity contribution in [2.45, 2.75) is 39.7 Å². The van der Waals surface area contributed by atoms with Crippen LogP contribution in [0, 0.1) is 5.92 Å². The molecule has 1 aliphatic heterocycles. The van der Waals surface area contributed by atoms with Gasteiger partial charge >= 0.3 is 0 Å². The summed E-state index contributed by atoms with van der Waals surface area (Å²) in [6.45, 7) is 8.99. The van der Waals surface area contributed by atoms with Gasteiger partial charge in [0.2, 0.25) is 0 Å². The molecule has 5 nitrogen and oxygen atoms in total. The van der Waals surface area contributed by atoms with Crippen molar-refractivity contribution in [1.29, 1.82) is 0 Å². The van der Waals surface area contributed by atoms with Crippen LogP contribution in [0.4, 0.5) is 0 Å². The van der Waals surface area contributed by atoms with E-state index in [0.717, 1.165) is 37.7 Å². The molecule has 1 N–H and O–H groups in total. The van der Waals surface area contributed by atoms with Crippen molar-refractivity contribution in [3.05, 3.63) is 53.3 Å². The summed E-state index contributed by atoms with van der Waals surface area (Å²) in [6, 6.07) is 10.2. The second-order valence-electron chi connectivity index (χ2n) is 7.31. The number of amides is 1. The molecule has 0 bridgehead atoms. The predicted octanol–water partition coefficient (Wildman–Crippen LogP) is 2.96. The smallest absolute Gasteiger partial charge is 0.254 e. The maximum Gasteiger partial charge on any atom is 0.254 e. The lowest BCUT2D eigenvalue weighted by Gasteiger charge is -2.30. The van der Waals surface area contributed by atoms with Gasteiger partial charge < -0.3 is 10.2 Å². The number of carbonyl (C=O) groups excluding carboxylic acids is 1. The first-order valence-corrected chi connectivity index (χ1v) is 9.76. The topological polar surface area (TPSA) is 50.2 Å². The number of hydrogen-bond donors (Lipinski definition) is 1. The van der Waals surface area contributed by atoms with Gasteiger partial charge in [0.05, 0.1) is 24.0 Å². The Morgan fingerprint density at radius 1 is 1.31 bits per heavy atom. The van der Waals surface area contributed by atoms with Crippen molar-refractivity contribution in [3.8, 4) is 0 Å². The maximum absolute atomic E-state index is 12.6. The number of piperidine rings is 1. The van der Waals surface area contributed by atoms with Crippen molar-refractivity contribution in [1.82, 2.24) is 20.0 Å². The second-order valence-corrected chi connectivity index (χ2v) is 7.31. The molecule has 1 aliphatic rings. The highest BCUT2D eigenvalue weighted by atomic mass is 16.1. The second kappa shape index (κ2) is 8.99. The summed E-state index contributed by atoms with van der Waals surface area (Å²) in [5.74, 6) is 0.758. The zero-order valence-corrected chi connectivity index (χ0v) is 15.9. The van der Waals surface area contributed by atoms with Crippen LogP contribution < -0.4 is 5.32 Å². The van der Waals surface area contributed by atoms with E-state index in [2.05, 4.69) is 41.3 Å². The zero-order valence-electron chi connectivity index (χ0n) is 15.9. The van der Waals surface area contributed by atoms with E-state index in [9.17, 15) is 4.79 Å². The molecule has 1 aromatic heterocycles. The van der Waals surface area contributed by atoms with Gasteiger partial charge in [0.1, 0.15) is 0 Å². The summed E-state index contributed by atoms with van der Waals surface area (Å²) in [4.78, 5) is 15.1. The minimum atomic E-state index is -0.00813. The van der Waals surface area contributed by atoms with E-state index in [-0.39, 0.29) is 5.91 Å². The van der Waals surface area contributed by atoms with Crippen molar-refractivity contribution < 1.29 is 4.79 Å². The number of nitrogens with zero attached hydrogens (tertiary/aromatic N) is 3. The van der Waals surface area contributed by atoms with Crippen LogP contribution in [0.1, 0.15) is 48.3 Å². The molecule has 1 amide bonds. The van der Waals surface area contributed by atoms with E-state index in [1.54, 1.807) is 6.20 Å². The molecular formula is C21H30N4O. The third-order valence-electron chi connectivity index (χ3n) is 5.16. The van der Waals surface area contributed by atoms with Gasteiger partial charge in [-0.2, -0.15) is 5.10 Å². The lowest BCUT2D eigenvalue weighted by Crippen LogP contribution is -2.40. The van der Waals surface area contributed by atoms with Crippen LogP contribution in [-0.2, 0) is 13.0 Å². The quantitative estimate of drug-likeness (QED) is 0.832. The fraction of sp³-hybridized carbons (Fsp3) is 0.524. The van der Waals surface area contributed by atoms with Gasteiger partial charge in [-0.3, -0.25) is 9.48 Å². The molecule has 0 saturated carbocycles. The standard InChI is InChI=1S/C21H30N4O/c1-3-20-19(14-23-25(20)16-18-9-5-4-6-10-18)21(26)22-11-13-24-12-7-8-17(2)15-24/h4-6,9-10,14,17H,3,7-8,11-13,15-16H2,1-2H3,(H,22,26). The van der Waals surface area contributed by atoms with Gasteiger partial charge in [0.25, 0.3) is 5.91 Å². The fourth-order valence-corrected chi connectivity index (χ4v) is 3.78. The lowest BCUT2D eigenvalue weighted by molar-refractivity contribution is 0.0942. The van der Waals surface area contributed by atoms with E-state index in [1.807, 2.05) is 22.9 Å². The molecule has 0 spiro atoms. The van der Waals surface area contributed by atoms with Crippen molar-refractivity contribution in [2.75, 3.05) is 26.2 Å². The monoisotopic (exact) mass is 354 g/mol. The Morgan fingerprint density at radius 3 is 2.85 bits per heavy atom. The van der Waals surface area contributed by atoms with E-state index in [4.69, 9.17) is 0 Å². The molecule has 1 fully saturated rings. The van der Waals surface area contributed by atoms with E-state index >= 15 is 0 Å². The molecule has 0 aliphatic carbocycles. The number of likely N-dealkylation sites (tertiary alicyclic amines) is 1. The van der Waals surface area contributed by atoms with E-state index < -0.39 is 0 Å². The average Bonchev–Trinajstić information content (AvgIpc) is 3.05. The number of benzene rings is 1. The largest absolute Gasteiger partial charge is 0.351 e. The molecule has 1 saturated heterocycles. The molecular weight excluding hydrogens is 324 g/mol. The molecule has 2 aromatic rings. The van der Waals surface area contributed by atoms with E-state index in [0.29, 0.717) is 18.7 Å². The molecule has 5 heteroatoms. The Balaban J connectivity index is 1.57. The first-order valence-electron chi connectivity index (χ1n) is 9.76. The first-order chi connectivity index (χ1) is 12.7. The fourth-order valence-electron chi connectivity index (χ4n) is 3.78. The SMILES string of the molecule is CCc1c(C(=O)NCCN2CCCC(C)C2)cnn1Cc1ccccc1. The molecule has 1 aromatic carbocycles. The van der Waals surface area contributed by atoms with Crippen LogP contribution in [0.3, 0.4) is 0 Å². The lowest BCUT2D eigenvalue weighted by atomic mass is 10.0. The van der Waals surface area contributed by atoms with Crippen LogP contribution in [-0.4, -0.2) is 46.8 Å². The van der Waals surface area contributed by atoms with Crippen LogP contribution in [0.2, 0.25) is 0 Å². The minimum Gasteiger partial charge on any atom is -0.351 e. The Morgan fingerprint density at radius 2 is 2.12 bits per heavy atom. The predicted molar refractivity (Wildman–Crippen MR) is 104 cm³/mol. The molecule has 0 radical (unpaired) electrons. The molecule has 140 valence electrons. The Hall–Kier alpha value is -2.14. The summed E-state index contributed by atoms with van der Waals surface area (Å²) < 4.78 is 1.94. The van der Waals surface area contributed by atoms with Crippen molar-refractivity contribution in [2.24, 2.45) is 5.92 Å². The number of hydrogen-bond acceptors (Lipinski definition) is 3. The van der Waals surface area contributed by atoms with Gasteiger partial charge in [-0.25, -0.2) is 0 Å². The van der Waals surface area contributed by atoms with Crippen molar-refractivity contribution in [3.63, 3.8) is 0 Å². The highest BCUT2D eigenvalue weighted by Crippen LogP contribution is 2.15. The van der Waals surface area contributed by atoms with Crippen LogP contribution >= 0.6 is 0 Å². The Bertz CT molecular complexity index is 710. The Labute approximate surface area is 156 Å². The zero-order chi connectivity index (χ0) is 18.4. The van der Waals surface area contributed by atoms with Gasteiger partial charge in [0.15, 0.2) is 0 Å². The highest BCUT2D eigenvalue weighted by Gasteiger charge is 2.18. The van der Waals surface area contributed by atoms with Gasteiger partial charge in [-0.15, -0.1) is 0 Å². The molecule has 2 heterocycles.